The Bertz CT molecular complexity index is 668. The molecular formula is C17H19ClO4. The lowest BCUT2D eigenvalue weighted by molar-refractivity contribution is 0.0957. The molecular weight excluding hydrogens is 304 g/mol. The molecule has 2 aromatic carbocycles. The zero-order valence-electron chi connectivity index (χ0n) is 13.0. The van der Waals surface area contributed by atoms with Crippen molar-refractivity contribution >= 4 is 11.6 Å². The van der Waals surface area contributed by atoms with Gasteiger partial charge in [0.05, 0.1) is 21.3 Å². The van der Waals surface area contributed by atoms with E-state index in [-0.39, 0.29) is 0 Å². The minimum Gasteiger partial charge on any atom is -0.496 e. The molecule has 118 valence electrons. The molecule has 2 aromatic rings. The van der Waals surface area contributed by atoms with Gasteiger partial charge in [0.25, 0.3) is 0 Å². The quantitative estimate of drug-likeness (QED) is 0.913. The number of halogens is 1. The lowest BCUT2D eigenvalue weighted by atomic mass is 9.87. The van der Waals surface area contributed by atoms with Gasteiger partial charge in [0.1, 0.15) is 27.9 Å². The van der Waals surface area contributed by atoms with Crippen LogP contribution in [0.15, 0.2) is 36.4 Å². The van der Waals surface area contributed by atoms with Gasteiger partial charge in [-0.1, -0.05) is 29.8 Å². The molecule has 0 fully saturated rings. The van der Waals surface area contributed by atoms with Crippen molar-refractivity contribution in [3.63, 3.8) is 0 Å². The van der Waals surface area contributed by atoms with Crippen LogP contribution in [0.4, 0.5) is 0 Å². The second-order valence-corrected chi connectivity index (χ2v) is 5.31. The van der Waals surface area contributed by atoms with Gasteiger partial charge >= 0.3 is 0 Å². The highest BCUT2D eigenvalue weighted by Crippen LogP contribution is 2.45. The Morgan fingerprint density at radius 2 is 1.50 bits per heavy atom. The minimum absolute atomic E-state index is 0.317. The van der Waals surface area contributed by atoms with Crippen molar-refractivity contribution in [2.45, 2.75) is 12.5 Å². The molecule has 0 bridgehead atoms. The number of methoxy groups -OCH3 is 3. The summed E-state index contributed by atoms with van der Waals surface area (Å²) in [5.41, 5.74) is -0.184. The first-order chi connectivity index (χ1) is 10.5. The van der Waals surface area contributed by atoms with Gasteiger partial charge in [0.2, 0.25) is 0 Å². The Balaban J connectivity index is 2.66. The summed E-state index contributed by atoms with van der Waals surface area (Å²) in [6, 6.07) is 10.7. The third-order valence-corrected chi connectivity index (χ3v) is 4.00. The summed E-state index contributed by atoms with van der Waals surface area (Å²) >= 11 is 6.29. The van der Waals surface area contributed by atoms with E-state index in [4.69, 9.17) is 25.8 Å². The number of hydrogen-bond donors (Lipinski definition) is 1. The Hall–Kier alpha value is -1.91. The summed E-state index contributed by atoms with van der Waals surface area (Å²) in [5, 5.41) is 11.4. The first-order valence-corrected chi connectivity index (χ1v) is 7.12. The Morgan fingerprint density at radius 1 is 0.864 bits per heavy atom. The molecule has 5 heteroatoms. The molecule has 0 amide bonds. The van der Waals surface area contributed by atoms with Gasteiger partial charge in [-0.2, -0.15) is 0 Å². The molecule has 0 aliphatic carbocycles. The summed E-state index contributed by atoms with van der Waals surface area (Å²) in [4.78, 5) is 0. The van der Waals surface area contributed by atoms with E-state index in [0.717, 1.165) is 0 Å². The zero-order chi connectivity index (χ0) is 16.3. The number of para-hydroxylation sites is 1. The third kappa shape index (κ3) is 2.72. The first-order valence-electron chi connectivity index (χ1n) is 6.74. The largest absolute Gasteiger partial charge is 0.496 e. The van der Waals surface area contributed by atoms with Crippen molar-refractivity contribution in [3.05, 3.63) is 52.5 Å². The van der Waals surface area contributed by atoms with Crippen molar-refractivity contribution in [2.75, 3.05) is 21.3 Å². The van der Waals surface area contributed by atoms with Crippen LogP contribution in [-0.2, 0) is 5.60 Å². The van der Waals surface area contributed by atoms with Crippen molar-refractivity contribution < 1.29 is 19.3 Å². The van der Waals surface area contributed by atoms with Gasteiger partial charge in [-0.3, -0.25) is 0 Å². The van der Waals surface area contributed by atoms with Crippen LogP contribution in [0.2, 0.25) is 5.02 Å². The molecule has 0 saturated carbocycles. The van der Waals surface area contributed by atoms with Crippen molar-refractivity contribution in [3.8, 4) is 17.2 Å². The van der Waals surface area contributed by atoms with E-state index in [2.05, 4.69) is 0 Å². The van der Waals surface area contributed by atoms with E-state index in [1.165, 1.54) is 14.2 Å². The van der Waals surface area contributed by atoms with Gasteiger partial charge in [-0.15, -0.1) is 0 Å². The van der Waals surface area contributed by atoms with Gasteiger partial charge in [0.15, 0.2) is 0 Å². The molecule has 0 saturated heterocycles. The lowest BCUT2D eigenvalue weighted by Crippen LogP contribution is -2.24. The zero-order valence-corrected chi connectivity index (χ0v) is 13.8. The summed E-state index contributed by atoms with van der Waals surface area (Å²) < 4.78 is 15.9. The average Bonchev–Trinajstić information content (AvgIpc) is 2.54. The predicted molar refractivity (Wildman–Crippen MR) is 86.2 cm³/mol. The molecule has 0 radical (unpaired) electrons. The van der Waals surface area contributed by atoms with E-state index in [9.17, 15) is 5.11 Å². The highest BCUT2D eigenvalue weighted by atomic mass is 35.5. The van der Waals surface area contributed by atoms with Crippen molar-refractivity contribution in [1.82, 2.24) is 0 Å². The number of aliphatic hydroxyl groups is 1. The SMILES string of the molecule is COc1ccccc1C(C)(O)c1ccc(OC)c(Cl)c1OC. The normalized spacial score (nSPS) is 13.4. The van der Waals surface area contributed by atoms with Crippen molar-refractivity contribution in [2.24, 2.45) is 0 Å². The third-order valence-electron chi connectivity index (χ3n) is 3.64. The standard InChI is InChI=1S/C17H19ClO4/c1-17(19,11-7-5-6-8-13(11)20-2)12-9-10-14(21-3)15(18)16(12)22-4/h5-10,19H,1-4H3. The summed E-state index contributed by atoms with van der Waals surface area (Å²) in [6.45, 7) is 1.67. The van der Waals surface area contributed by atoms with Crippen LogP contribution < -0.4 is 14.2 Å². The predicted octanol–water partition coefficient (Wildman–Crippen LogP) is 3.62. The first kappa shape index (κ1) is 16.5. The highest BCUT2D eigenvalue weighted by molar-refractivity contribution is 6.33. The molecule has 2 rings (SSSR count). The number of benzene rings is 2. The van der Waals surface area contributed by atoms with Gasteiger partial charge in [-0.25, -0.2) is 0 Å². The van der Waals surface area contributed by atoms with Gasteiger partial charge in [-0.05, 0) is 25.1 Å². The topological polar surface area (TPSA) is 47.9 Å². The Labute approximate surface area is 135 Å². The van der Waals surface area contributed by atoms with E-state index in [1.807, 2.05) is 12.1 Å². The number of hydrogen-bond acceptors (Lipinski definition) is 4. The Kier molecular flexibility index (Phi) is 4.84. The van der Waals surface area contributed by atoms with E-state index in [1.54, 1.807) is 38.3 Å². The lowest BCUT2D eigenvalue weighted by Gasteiger charge is -2.28. The monoisotopic (exact) mass is 322 g/mol. The molecule has 0 aromatic heterocycles. The molecule has 0 aliphatic heterocycles. The molecule has 0 spiro atoms. The van der Waals surface area contributed by atoms with E-state index >= 15 is 0 Å². The van der Waals surface area contributed by atoms with Crippen LogP contribution in [0.1, 0.15) is 18.1 Å². The van der Waals surface area contributed by atoms with Crippen LogP contribution in [0, 0.1) is 0 Å². The fourth-order valence-corrected chi connectivity index (χ4v) is 2.79. The fourth-order valence-electron chi connectivity index (χ4n) is 2.47. The average molecular weight is 323 g/mol. The summed E-state index contributed by atoms with van der Waals surface area (Å²) in [5.74, 6) is 1.44. The van der Waals surface area contributed by atoms with Gasteiger partial charge < -0.3 is 19.3 Å². The molecule has 0 heterocycles. The minimum atomic E-state index is -1.34. The molecule has 1 unspecified atom stereocenters. The maximum absolute atomic E-state index is 11.1. The van der Waals surface area contributed by atoms with E-state index < -0.39 is 5.60 Å². The Morgan fingerprint density at radius 3 is 2.09 bits per heavy atom. The number of rotatable bonds is 5. The van der Waals surface area contributed by atoms with Crippen LogP contribution in [-0.4, -0.2) is 26.4 Å². The molecule has 4 nitrogen and oxygen atoms in total. The second-order valence-electron chi connectivity index (χ2n) is 4.94. The van der Waals surface area contributed by atoms with E-state index in [0.29, 0.717) is 33.4 Å². The molecule has 0 aliphatic rings. The fraction of sp³-hybridized carbons (Fsp3) is 0.294. The van der Waals surface area contributed by atoms with Gasteiger partial charge in [0, 0.05) is 11.1 Å². The highest BCUT2D eigenvalue weighted by Gasteiger charge is 2.33. The summed E-state index contributed by atoms with van der Waals surface area (Å²) in [7, 11) is 4.59. The molecule has 1 atom stereocenters. The number of ether oxygens (including phenoxy) is 3. The smallest absolute Gasteiger partial charge is 0.147 e. The second kappa shape index (κ2) is 6.46. The van der Waals surface area contributed by atoms with Crippen LogP contribution >= 0.6 is 11.6 Å². The van der Waals surface area contributed by atoms with Crippen LogP contribution in [0.5, 0.6) is 17.2 Å². The molecule has 1 N–H and O–H groups in total. The van der Waals surface area contributed by atoms with Crippen LogP contribution in [0.3, 0.4) is 0 Å². The molecule has 22 heavy (non-hydrogen) atoms. The van der Waals surface area contributed by atoms with Crippen LogP contribution in [0.25, 0.3) is 0 Å². The maximum Gasteiger partial charge on any atom is 0.147 e. The summed E-state index contributed by atoms with van der Waals surface area (Å²) in [6.07, 6.45) is 0. The van der Waals surface area contributed by atoms with Crippen molar-refractivity contribution in [1.29, 1.82) is 0 Å². The maximum atomic E-state index is 11.1.